The standard InChI is InChI=1S/C14H21N3O/c18-11-12-4-5-14(15-9-12)17-8-2-7-16-6-1-3-13(16)10-17/h4-5,9,13,18H,1-3,6-8,10-11H2. The molecular formula is C14H21N3O. The summed E-state index contributed by atoms with van der Waals surface area (Å²) in [5.74, 6) is 1.06. The van der Waals surface area contributed by atoms with E-state index >= 15 is 0 Å². The molecule has 1 N–H and O–H groups in total. The lowest BCUT2D eigenvalue weighted by Crippen LogP contribution is -2.36. The molecule has 1 aromatic rings. The molecule has 4 heteroatoms. The molecule has 98 valence electrons. The predicted octanol–water partition coefficient (Wildman–Crippen LogP) is 1.25. The first kappa shape index (κ1) is 11.9. The highest BCUT2D eigenvalue weighted by atomic mass is 16.3. The second-order valence-electron chi connectivity index (χ2n) is 5.31. The number of aliphatic hydroxyl groups is 1. The lowest BCUT2D eigenvalue weighted by Gasteiger charge is -2.26. The molecule has 2 aliphatic heterocycles. The largest absolute Gasteiger partial charge is 0.392 e. The maximum atomic E-state index is 9.05. The van der Waals surface area contributed by atoms with Crippen LogP contribution >= 0.6 is 0 Å². The fourth-order valence-corrected chi connectivity index (χ4v) is 3.11. The number of pyridine rings is 1. The van der Waals surface area contributed by atoms with Crippen molar-refractivity contribution in [2.75, 3.05) is 31.1 Å². The molecule has 3 heterocycles. The average Bonchev–Trinajstić information content (AvgIpc) is 2.76. The van der Waals surface area contributed by atoms with Crippen LogP contribution in [0.1, 0.15) is 24.8 Å². The fraction of sp³-hybridized carbons (Fsp3) is 0.643. The molecule has 2 aliphatic rings. The minimum Gasteiger partial charge on any atom is -0.392 e. The number of aromatic nitrogens is 1. The van der Waals surface area contributed by atoms with Gasteiger partial charge < -0.3 is 10.0 Å². The van der Waals surface area contributed by atoms with E-state index in [2.05, 4.69) is 14.8 Å². The first-order chi connectivity index (χ1) is 8.86. The molecule has 0 amide bonds. The molecule has 0 bridgehead atoms. The number of aliphatic hydroxyl groups excluding tert-OH is 1. The van der Waals surface area contributed by atoms with Crippen molar-refractivity contribution >= 4 is 5.82 Å². The van der Waals surface area contributed by atoms with Gasteiger partial charge in [0.25, 0.3) is 0 Å². The molecule has 0 aliphatic carbocycles. The number of hydrogen-bond acceptors (Lipinski definition) is 4. The van der Waals surface area contributed by atoms with Gasteiger partial charge in [0, 0.05) is 31.9 Å². The van der Waals surface area contributed by atoms with Crippen LogP contribution in [-0.2, 0) is 6.61 Å². The molecular weight excluding hydrogens is 226 g/mol. The van der Waals surface area contributed by atoms with Crippen molar-refractivity contribution < 1.29 is 5.11 Å². The Morgan fingerprint density at radius 2 is 2.11 bits per heavy atom. The number of hydrogen-bond donors (Lipinski definition) is 1. The maximum absolute atomic E-state index is 9.05. The minimum absolute atomic E-state index is 0.0731. The summed E-state index contributed by atoms with van der Waals surface area (Å²) in [6.45, 7) is 4.78. The van der Waals surface area contributed by atoms with E-state index in [1.165, 1.54) is 32.4 Å². The Balaban J connectivity index is 1.74. The smallest absolute Gasteiger partial charge is 0.128 e. The van der Waals surface area contributed by atoms with E-state index in [0.29, 0.717) is 6.04 Å². The molecule has 0 spiro atoms. The number of anilines is 1. The van der Waals surface area contributed by atoms with E-state index in [1.807, 2.05) is 12.1 Å². The third-order valence-corrected chi connectivity index (χ3v) is 4.12. The normalized spacial score (nSPS) is 24.9. The van der Waals surface area contributed by atoms with Crippen LogP contribution < -0.4 is 4.90 Å². The van der Waals surface area contributed by atoms with Gasteiger partial charge in [-0.05, 0) is 37.4 Å². The average molecular weight is 247 g/mol. The Kier molecular flexibility index (Phi) is 3.48. The zero-order chi connectivity index (χ0) is 12.4. The van der Waals surface area contributed by atoms with Crippen molar-refractivity contribution in [1.29, 1.82) is 0 Å². The second-order valence-corrected chi connectivity index (χ2v) is 5.31. The van der Waals surface area contributed by atoms with Crippen molar-refractivity contribution in [3.05, 3.63) is 23.9 Å². The molecule has 3 rings (SSSR count). The Morgan fingerprint density at radius 1 is 1.22 bits per heavy atom. The summed E-state index contributed by atoms with van der Waals surface area (Å²) in [6, 6.07) is 4.72. The van der Waals surface area contributed by atoms with Crippen molar-refractivity contribution in [2.45, 2.75) is 31.9 Å². The van der Waals surface area contributed by atoms with Crippen LogP contribution in [0.3, 0.4) is 0 Å². The summed E-state index contributed by atoms with van der Waals surface area (Å²) in [5.41, 5.74) is 0.885. The Labute approximate surface area is 108 Å². The molecule has 1 aromatic heterocycles. The van der Waals surface area contributed by atoms with Crippen molar-refractivity contribution in [3.8, 4) is 0 Å². The lowest BCUT2D eigenvalue weighted by atomic mass is 10.2. The van der Waals surface area contributed by atoms with Gasteiger partial charge in [0.1, 0.15) is 5.82 Å². The fourth-order valence-electron chi connectivity index (χ4n) is 3.11. The van der Waals surface area contributed by atoms with Gasteiger partial charge in [-0.2, -0.15) is 0 Å². The van der Waals surface area contributed by atoms with Gasteiger partial charge in [-0.15, -0.1) is 0 Å². The molecule has 0 aromatic carbocycles. The monoisotopic (exact) mass is 247 g/mol. The molecule has 2 saturated heterocycles. The highest BCUT2D eigenvalue weighted by Crippen LogP contribution is 2.23. The number of nitrogens with zero attached hydrogens (tertiary/aromatic N) is 3. The first-order valence-electron chi connectivity index (χ1n) is 6.91. The molecule has 1 atom stereocenters. The van der Waals surface area contributed by atoms with Crippen molar-refractivity contribution in [2.24, 2.45) is 0 Å². The predicted molar refractivity (Wildman–Crippen MR) is 71.6 cm³/mol. The second kappa shape index (κ2) is 5.24. The number of rotatable bonds is 2. The highest BCUT2D eigenvalue weighted by molar-refractivity contribution is 5.39. The van der Waals surface area contributed by atoms with Crippen LogP contribution in [0.5, 0.6) is 0 Å². The van der Waals surface area contributed by atoms with E-state index in [1.54, 1.807) is 6.20 Å². The van der Waals surface area contributed by atoms with Crippen LogP contribution in [0, 0.1) is 0 Å². The van der Waals surface area contributed by atoms with Gasteiger partial charge in [-0.1, -0.05) is 6.07 Å². The third kappa shape index (κ3) is 2.35. The van der Waals surface area contributed by atoms with E-state index in [9.17, 15) is 0 Å². The van der Waals surface area contributed by atoms with E-state index in [4.69, 9.17) is 5.11 Å². The van der Waals surface area contributed by atoms with Gasteiger partial charge in [-0.25, -0.2) is 4.98 Å². The summed E-state index contributed by atoms with van der Waals surface area (Å²) in [7, 11) is 0. The summed E-state index contributed by atoms with van der Waals surface area (Å²) in [6.07, 6.45) is 5.67. The molecule has 18 heavy (non-hydrogen) atoms. The van der Waals surface area contributed by atoms with Gasteiger partial charge in [0.05, 0.1) is 6.61 Å². The molecule has 0 saturated carbocycles. The van der Waals surface area contributed by atoms with E-state index in [-0.39, 0.29) is 6.61 Å². The molecule has 2 fully saturated rings. The van der Waals surface area contributed by atoms with Crippen LogP contribution in [-0.4, -0.2) is 47.2 Å². The van der Waals surface area contributed by atoms with Gasteiger partial charge >= 0.3 is 0 Å². The quantitative estimate of drug-likeness (QED) is 0.854. The molecule has 0 radical (unpaired) electrons. The summed E-state index contributed by atoms with van der Waals surface area (Å²) < 4.78 is 0. The third-order valence-electron chi connectivity index (χ3n) is 4.12. The van der Waals surface area contributed by atoms with Crippen molar-refractivity contribution in [3.63, 3.8) is 0 Å². The van der Waals surface area contributed by atoms with Crippen LogP contribution in [0.4, 0.5) is 5.82 Å². The maximum Gasteiger partial charge on any atom is 0.128 e. The zero-order valence-electron chi connectivity index (χ0n) is 10.8. The summed E-state index contributed by atoms with van der Waals surface area (Å²) in [4.78, 5) is 9.50. The Bertz CT molecular complexity index is 393. The molecule has 4 nitrogen and oxygen atoms in total. The van der Waals surface area contributed by atoms with Gasteiger partial charge in [0.15, 0.2) is 0 Å². The topological polar surface area (TPSA) is 39.6 Å². The number of fused-ring (bicyclic) bond motifs is 1. The Hall–Kier alpha value is -1.13. The Morgan fingerprint density at radius 3 is 2.89 bits per heavy atom. The first-order valence-corrected chi connectivity index (χ1v) is 6.91. The lowest BCUT2D eigenvalue weighted by molar-refractivity contribution is 0.273. The zero-order valence-corrected chi connectivity index (χ0v) is 10.8. The summed E-state index contributed by atoms with van der Waals surface area (Å²) >= 11 is 0. The van der Waals surface area contributed by atoms with Crippen LogP contribution in [0.25, 0.3) is 0 Å². The molecule has 1 unspecified atom stereocenters. The van der Waals surface area contributed by atoms with E-state index < -0.39 is 0 Å². The van der Waals surface area contributed by atoms with Crippen LogP contribution in [0.2, 0.25) is 0 Å². The van der Waals surface area contributed by atoms with E-state index in [0.717, 1.165) is 24.5 Å². The van der Waals surface area contributed by atoms with Gasteiger partial charge in [-0.3, -0.25) is 4.90 Å². The highest BCUT2D eigenvalue weighted by Gasteiger charge is 2.28. The van der Waals surface area contributed by atoms with Crippen LogP contribution in [0.15, 0.2) is 18.3 Å². The van der Waals surface area contributed by atoms with Crippen molar-refractivity contribution in [1.82, 2.24) is 9.88 Å². The minimum atomic E-state index is 0.0731. The summed E-state index contributed by atoms with van der Waals surface area (Å²) in [5, 5.41) is 9.05. The SMILES string of the molecule is OCc1ccc(N2CCCN3CCCC3C2)nc1. The van der Waals surface area contributed by atoms with Gasteiger partial charge in [0.2, 0.25) is 0 Å².